The van der Waals surface area contributed by atoms with E-state index >= 15 is 0 Å². The molecule has 2 aromatic carbocycles. The van der Waals surface area contributed by atoms with E-state index in [1.165, 1.54) is 4.90 Å². The third-order valence-electron chi connectivity index (χ3n) is 2.81. The number of carbonyl (C=O) groups excluding carboxylic acids is 1. The number of anilines is 2. The molecular formula is C14H11Br3N2O. The molecule has 0 aliphatic heterocycles. The first-order chi connectivity index (χ1) is 9.40. The van der Waals surface area contributed by atoms with Crippen LogP contribution in [0, 0.1) is 0 Å². The number of nitrogens with zero attached hydrogens (tertiary/aromatic N) is 1. The Morgan fingerprint density at radius 2 is 1.65 bits per heavy atom. The molecule has 1 amide bonds. The van der Waals surface area contributed by atoms with Gasteiger partial charge in [0.15, 0.2) is 0 Å². The van der Waals surface area contributed by atoms with Crippen molar-refractivity contribution >= 4 is 65.1 Å². The molecule has 0 aromatic heterocycles. The maximum absolute atomic E-state index is 12.6. The Morgan fingerprint density at radius 1 is 1.05 bits per heavy atom. The third-order valence-corrected chi connectivity index (χ3v) is 4.49. The lowest BCUT2D eigenvalue weighted by atomic mass is 10.2. The van der Waals surface area contributed by atoms with Gasteiger partial charge in [-0.05, 0) is 52.3 Å². The normalized spacial score (nSPS) is 10.4. The highest BCUT2D eigenvalue weighted by Gasteiger charge is 2.18. The zero-order chi connectivity index (χ0) is 14.9. The predicted molar refractivity (Wildman–Crippen MR) is 93.1 cm³/mol. The summed E-state index contributed by atoms with van der Waals surface area (Å²) in [6.45, 7) is 0. The maximum atomic E-state index is 12.6. The average Bonchev–Trinajstić information content (AvgIpc) is 2.40. The van der Waals surface area contributed by atoms with Gasteiger partial charge in [0, 0.05) is 20.5 Å². The van der Waals surface area contributed by atoms with Crippen LogP contribution in [0.4, 0.5) is 11.4 Å². The van der Waals surface area contributed by atoms with Crippen molar-refractivity contribution in [3.05, 3.63) is 55.4 Å². The average molecular weight is 463 g/mol. The number of carbonyl (C=O) groups is 1. The summed E-state index contributed by atoms with van der Waals surface area (Å²) in [5.74, 6) is -0.132. The van der Waals surface area contributed by atoms with E-state index in [0.717, 1.165) is 13.4 Å². The smallest absolute Gasteiger partial charge is 0.259 e. The van der Waals surface area contributed by atoms with Gasteiger partial charge in [0.05, 0.1) is 16.9 Å². The summed E-state index contributed by atoms with van der Waals surface area (Å²) >= 11 is 10.1. The summed E-state index contributed by atoms with van der Waals surface area (Å²) in [5.41, 5.74) is 7.75. The molecule has 0 radical (unpaired) electrons. The van der Waals surface area contributed by atoms with Crippen molar-refractivity contribution in [2.75, 3.05) is 17.7 Å². The maximum Gasteiger partial charge on any atom is 0.259 e. The molecule has 0 aliphatic carbocycles. The Labute approximate surface area is 142 Å². The molecule has 6 heteroatoms. The molecule has 2 aromatic rings. The number of rotatable bonds is 2. The lowest BCUT2D eigenvalue weighted by Crippen LogP contribution is -2.27. The third kappa shape index (κ3) is 3.24. The van der Waals surface area contributed by atoms with Gasteiger partial charge in [-0.3, -0.25) is 4.79 Å². The summed E-state index contributed by atoms with van der Waals surface area (Å²) in [6.07, 6.45) is 0. The molecular weight excluding hydrogens is 452 g/mol. The predicted octanol–water partition coefficient (Wildman–Crippen LogP) is 4.83. The van der Waals surface area contributed by atoms with Gasteiger partial charge < -0.3 is 10.6 Å². The van der Waals surface area contributed by atoms with Crippen LogP contribution in [0.15, 0.2) is 49.8 Å². The second kappa shape index (κ2) is 6.28. The summed E-state index contributed by atoms with van der Waals surface area (Å²) < 4.78 is 2.47. The summed E-state index contributed by atoms with van der Waals surface area (Å²) in [5, 5.41) is 0. The largest absolute Gasteiger partial charge is 0.397 e. The number of benzene rings is 2. The highest BCUT2D eigenvalue weighted by atomic mass is 79.9. The summed E-state index contributed by atoms with van der Waals surface area (Å²) in [6, 6.07) is 10.9. The van der Waals surface area contributed by atoms with Crippen molar-refractivity contribution < 1.29 is 4.79 Å². The number of halogens is 3. The fourth-order valence-electron chi connectivity index (χ4n) is 1.78. The van der Waals surface area contributed by atoms with Crippen LogP contribution in [-0.2, 0) is 0 Å². The Hall–Kier alpha value is -0.850. The van der Waals surface area contributed by atoms with E-state index in [0.29, 0.717) is 16.9 Å². The van der Waals surface area contributed by atoms with E-state index in [1.807, 2.05) is 24.3 Å². The van der Waals surface area contributed by atoms with E-state index in [2.05, 4.69) is 47.8 Å². The van der Waals surface area contributed by atoms with Crippen molar-refractivity contribution in [1.29, 1.82) is 0 Å². The summed E-state index contributed by atoms with van der Waals surface area (Å²) in [7, 11) is 1.70. The monoisotopic (exact) mass is 460 g/mol. The molecule has 0 fully saturated rings. The lowest BCUT2D eigenvalue weighted by molar-refractivity contribution is 0.0992. The molecule has 0 atom stereocenters. The van der Waals surface area contributed by atoms with Crippen LogP contribution in [0.25, 0.3) is 0 Å². The van der Waals surface area contributed by atoms with Crippen molar-refractivity contribution in [2.45, 2.75) is 0 Å². The Kier molecular flexibility index (Phi) is 4.88. The molecule has 0 spiro atoms. The van der Waals surface area contributed by atoms with Crippen LogP contribution in [0.5, 0.6) is 0 Å². The summed E-state index contributed by atoms with van der Waals surface area (Å²) in [4.78, 5) is 14.1. The first-order valence-corrected chi connectivity index (χ1v) is 8.06. The molecule has 104 valence electrons. The molecule has 2 N–H and O–H groups in total. The van der Waals surface area contributed by atoms with E-state index in [1.54, 1.807) is 19.2 Å². The van der Waals surface area contributed by atoms with E-state index < -0.39 is 0 Å². The number of nitrogens with two attached hydrogens (primary N) is 1. The molecule has 20 heavy (non-hydrogen) atoms. The molecule has 0 aliphatic rings. The molecule has 0 unspecified atom stereocenters. The van der Waals surface area contributed by atoms with E-state index in [9.17, 15) is 4.79 Å². The van der Waals surface area contributed by atoms with Gasteiger partial charge in [-0.1, -0.05) is 31.9 Å². The molecule has 0 saturated heterocycles. The standard InChI is InChI=1S/C14H11Br3N2O/c1-19(13-5-3-9(16)7-12(13)18)14(20)10-6-8(15)2-4-11(10)17/h2-7H,18H2,1H3. The lowest BCUT2D eigenvalue weighted by Gasteiger charge is -2.20. The van der Waals surface area contributed by atoms with Crippen molar-refractivity contribution in [2.24, 2.45) is 0 Å². The fourth-order valence-corrected chi connectivity index (χ4v) is 2.94. The Bertz CT molecular complexity index is 673. The zero-order valence-corrected chi connectivity index (χ0v) is 15.3. The molecule has 0 saturated carbocycles. The van der Waals surface area contributed by atoms with Crippen LogP contribution in [0.2, 0.25) is 0 Å². The van der Waals surface area contributed by atoms with Crippen LogP contribution in [0.1, 0.15) is 10.4 Å². The highest BCUT2D eigenvalue weighted by molar-refractivity contribution is 9.11. The van der Waals surface area contributed by atoms with Gasteiger partial charge in [0.2, 0.25) is 0 Å². The number of amides is 1. The second-order valence-electron chi connectivity index (χ2n) is 4.19. The minimum atomic E-state index is -0.132. The fraction of sp³-hybridized carbons (Fsp3) is 0.0714. The minimum Gasteiger partial charge on any atom is -0.397 e. The first-order valence-electron chi connectivity index (χ1n) is 5.68. The van der Waals surface area contributed by atoms with Crippen LogP contribution < -0.4 is 10.6 Å². The molecule has 2 rings (SSSR count). The van der Waals surface area contributed by atoms with Gasteiger partial charge in [-0.2, -0.15) is 0 Å². The zero-order valence-electron chi connectivity index (χ0n) is 10.5. The van der Waals surface area contributed by atoms with Crippen LogP contribution in [-0.4, -0.2) is 13.0 Å². The minimum absolute atomic E-state index is 0.132. The van der Waals surface area contributed by atoms with Crippen molar-refractivity contribution in [3.63, 3.8) is 0 Å². The Balaban J connectivity index is 2.40. The molecule has 3 nitrogen and oxygen atoms in total. The highest BCUT2D eigenvalue weighted by Crippen LogP contribution is 2.29. The van der Waals surface area contributed by atoms with Gasteiger partial charge in [0.25, 0.3) is 5.91 Å². The van der Waals surface area contributed by atoms with Gasteiger partial charge in [-0.15, -0.1) is 0 Å². The van der Waals surface area contributed by atoms with E-state index in [-0.39, 0.29) is 5.91 Å². The van der Waals surface area contributed by atoms with Gasteiger partial charge in [-0.25, -0.2) is 0 Å². The van der Waals surface area contributed by atoms with Crippen LogP contribution >= 0.6 is 47.8 Å². The quantitative estimate of drug-likeness (QED) is 0.649. The Morgan fingerprint density at radius 3 is 2.30 bits per heavy atom. The van der Waals surface area contributed by atoms with Crippen molar-refractivity contribution in [1.82, 2.24) is 0 Å². The van der Waals surface area contributed by atoms with Crippen LogP contribution in [0.3, 0.4) is 0 Å². The topological polar surface area (TPSA) is 46.3 Å². The number of hydrogen-bond acceptors (Lipinski definition) is 2. The second-order valence-corrected chi connectivity index (χ2v) is 6.88. The number of nitrogen functional groups attached to an aromatic ring is 1. The van der Waals surface area contributed by atoms with Gasteiger partial charge >= 0.3 is 0 Å². The first kappa shape index (κ1) is 15.5. The van der Waals surface area contributed by atoms with Gasteiger partial charge in [0.1, 0.15) is 0 Å². The van der Waals surface area contributed by atoms with E-state index in [4.69, 9.17) is 5.73 Å². The van der Waals surface area contributed by atoms with Crippen molar-refractivity contribution in [3.8, 4) is 0 Å². The molecule has 0 bridgehead atoms. The SMILES string of the molecule is CN(C(=O)c1cc(Br)ccc1Br)c1ccc(Br)cc1N. The number of hydrogen-bond donors (Lipinski definition) is 1. The molecule has 0 heterocycles.